The molecular weight excluding hydrogens is 238 g/mol. The van der Waals surface area contributed by atoms with Gasteiger partial charge in [0.15, 0.2) is 0 Å². The van der Waals surface area contributed by atoms with Gasteiger partial charge in [-0.1, -0.05) is 25.1 Å². The van der Waals surface area contributed by atoms with E-state index in [1.807, 2.05) is 30.3 Å². The maximum atomic E-state index is 12.0. The summed E-state index contributed by atoms with van der Waals surface area (Å²) in [5.74, 6) is -0.0784. The number of carbonyl (C=O) groups is 1. The molecule has 0 aliphatic carbocycles. The van der Waals surface area contributed by atoms with E-state index in [0.29, 0.717) is 5.69 Å². The van der Waals surface area contributed by atoms with Crippen molar-refractivity contribution in [2.24, 2.45) is 0 Å². The predicted octanol–water partition coefficient (Wildman–Crippen LogP) is 2.76. The smallest absolute Gasteiger partial charge is 0.272 e. The molecule has 0 saturated heterocycles. The second kappa shape index (κ2) is 5.69. The molecule has 0 saturated carbocycles. The molecule has 100 valence electrons. The molecule has 0 aliphatic heterocycles. The zero-order chi connectivity index (χ0) is 13.8. The molecule has 0 bridgehead atoms. The van der Waals surface area contributed by atoms with Gasteiger partial charge in [-0.05, 0) is 18.6 Å². The van der Waals surface area contributed by atoms with E-state index in [1.165, 1.54) is 0 Å². The number of pyridine rings is 1. The highest BCUT2D eigenvalue weighted by molar-refractivity contribution is 5.99. The average molecular weight is 257 g/mol. The zero-order valence-electron chi connectivity index (χ0n) is 11.6. The lowest BCUT2D eigenvalue weighted by atomic mass is 10.1. The van der Waals surface area contributed by atoms with Gasteiger partial charge in [-0.3, -0.25) is 4.79 Å². The highest BCUT2D eigenvalue weighted by Gasteiger charge is 2.13. The summed E-state index contributed by atoms with van der Waals surface area (Å²) in [6.07, 6.45) is 1.04. The molecule has 0 aliphatic rings. The van der Waals surface area contributed by atoms with Crippen molar-refractivity contribution in [3.05, 3.63) is 36.0 Å². The van der Waals surface area contributed by atoms with Crippen molar-refractivity contribution in [1.82, 2.24) is 9.88 Å². The van der Waals surface area contributed by atoms with Crippen LogP contribution in [0.5, 0.6) is 0 Å². The molecule has 1 amide bonds. The number of hydrogen-bond donors (Lipinski definition) is 1. The van der Waals surface area contributed by atoms with Crippen molar-refractivity contribution in [3.8, 4) is 0 Å². The largest absolute Gasteiger partial charge is 0.384 e. The van der Waals surface area contributed by atoms with Crippen LogP contribution in [0.2, 0.25) is 0 Å². The van der Waals surface area contributed by atoms with Gasteiger partial charge in [0.25, 0.3) is 5.91 Å². The first-order valence-electron chi connectivity index (χ1n) is 6.48. The van der Waals surface area contributed by atoms with Crippen LogP contribution in [0.1, 0.15) is 23.8 Å². The Hall–Kier alpha value is -2.10. The summed E-state index contributed by atoms with van der Waals surface area (Å²) in [6.45, 7) is 2.99. The number of para-hydroxylation sites is 1. The Morgan fingerprint density at radius 3 is 2.74 bits per heavy atom. The third-order valence-electron chi connectivity index (χ3n) is 2.91. The lowest BCUT2D eigenvalue weighted by molar-refractivity contribution is 0.0822. The van der Waals surface area contributed by atoms with Crippen LogP contribution in [0.25, 0.3) is 10.9 Å². The number of fused-ring (bicyclic) bond motifs is 1. The fourth-order valence-electron chi connectivity index (χ4n) is 1.92. The van der Waals surface area contributed by atoms with Crippen LogP contribution in [0, 0.1) is 0 Å². The zero-order valence-corrected chi connectivity index (χ0v) is 11.6. The Balaban J connectivity index is 2.53. The monoisotopic (exact) mass is 257 g/mol. The van der Waals surface area contributed by atoms with E-state index >= 15 is 0 Å². The summed E-state index contributed by atoms with van der Waals surface area (Å²) in [5.41, 5.74) is 2.29. The summed E-state index contributed by atoms with van der Waals surface area (Å²) < 4.78 is 0. The van der Waals surface area contributed by atoms with Gasteiger partial charge in [0, 0.05) is 31.7 Å². The molecule has 2 rings (SSSR count). The standard InChI is InChI=1S/C15H19N3O/c1-4-9-16-13-10-14(15(19)18(2)3)17-12-8-6-5-7-11(12)13/h5-8,10H,4,9H2,1-3H3,(H,16,17). The second-order valence-electron chi connectivity index (χ2n) is 4.70. The van der Waals surface area contributed by atoms with Gasteiger partial charge in [0.05, 0.1) is 5.52 Å². The number of aromatic nitrogens is 1. The van der Waals surface area contributed by atoms with E-state index in [1.54, 1.807) is 19.0 Å². The van der Waals surface area contributed by atoms with Crippen LogP contribution in [-0.4, -0.2) is 36.4 Å². The SMILES string of the molecule is CCCNc1cc(C(=O)N(C)C)nc2ccccc12. The van der Waals surface area contributed by atoms with Gasteiger partial charge >= 0.3 is 0 Å². The van der Waals surface area contributed by atoms with Gasteiger partial charge in [-0.25, -0.2) is 4.98 Å². The highest BCUT2D eigenvalue weighted by Crippen LogP contribution is 2.23. The van der Waals surface area contributed by atoms with Gasteiger partial charge < -0.3 is 10.2 Å². The topological polar surface area (TPSA) is 45.2 Å². The Bertz CT molecular complexity index is 593. The van der Waals surface area contributed by atoms with Gasteiger partial charge in [-0.2, -0.15) is 0 Å². The Kier molecular flexibility index (Phi) is 4.00. The van der Waals surface area contributed by atoms with E-state index in [9.17, 15) is 4.79 Å². The normalized spacial score (nSPS) is 10.5. The number of benzene rings is 1. The molecule has 1 N–H and O–H groups in total. The van der Waals surface area contributed by atoms with Crippen molar-refractivity contribution in [2.75, 3.05) is 26.0 Å². The summed E-state index contributed by atoms with van der Waals surface area (Å²) in [6, 6.07) is 9.70. The first-order chi connectivity index (χ1) is 9.13. The molecule has 1 heterocycles. The lowest BCUT2D eigenvalue weighted by Crippen LogP contribution is -2.23. The molecule has 0 radical (unpaired) electrons. The molecule has 0 fully saturated rings. The summed E-state index contributed by atoms with van der Waals surface area (Å²) >= 11 is 0. The number of carbonyl (C=O) groups excluding carboxylic acids is 1. The van der Waals surface area contributed by atoms with E-state index in [4.69, 9.17) is 0 Å². The number of rotatable bonds is 4. The second-order valence-corrected chi connectivity index (χ2v) is 4.70. The number of hydrogen-bond acceptors (Lipinski definition) is 3. The Morgan fingerprint density at radius 1 is 1.32 bits per heavy atom. The number of nitrogens with zero attached hydrogens (tertiary/aromatic N) is 2. The number of nitrogens with one attached hydrogen (secondary N) is 1. The third kappa shape index (κ3) is 2.84. The van der Waals surface area contributed by atoms with Crippen molar-refractivity contribution < 1.29 is 4.79 Å². The molecule has 0 atom stereocenters. The van der Waals surface area contributed by atoms with E-state index < -0.39 is 0 Å². The van der Waals surface area contributed by atoms with Crippen LogP contribution in [0.15, 0.2) is 30.3 Å². The third-order valence-corrected chi connectivity index (χ3v) is 2.91. The van der Waals surface area contributed by atoms with Gasteiger partial charge in [0.2, 0.25) is 0 Å². The van der Waals surface area contributed by atoms with Crippen LogP contribution >= 0.6 is 0 Å². The van der Waals surface area contributed by atoms with Crippen molar-refractivity contribution in [1.29, 1.82) is 0 Å². The summed E-state index contributed by atoms with van der Waals surface area (Å²) in [4.78, 5) is 18.0. The summed E-state index contributed by atoms with van der Waals surface area (Å²) in [5, 5.41) is 4.41. The molecule has 4 nitrogen and oxygen atoms in total. The number of anilines is 1. The van der Waals surface area contributed by atoms with Crippen molar-refractivity contribution in [2.45, 2.75) is 13.3 Å². The first kappa shape index (κ1) is 13.3. The van der Waals surface area contributed by atoms with Crippen molar-refractivity contribution >= 4 is 22.5 Å². The average Bonchev–Trinajstić information content (AvgIpc) is 2.43. The fraction of sp³-hybridized carbons (Fsp3) is 0.333. The molecule has 1 aromatic carbocycles. The molecule has 2 aromatic rings. The van der Waals surface area contributed by atoms with Gasteiger partial charge in [-0.15, -0.1) is 0 Å². The Morgan fingerprint density at radius 2 is 2.05 bits per heavy atom. The van der Waals surface area contributed by atoms with Crippen LogP contribution in [-0.2, 0) is 0 Å². The Labute approximate surface area is 113 Å². The minimum absolute atomic E-state index is 0.0784. The van der Waals surface area contributed by atoms with Gasteiger partial charge in [0.1, 0.15) is 5.69 Å². The molecule has 1 aromatic heterocycles. The molecule has 4 heteroatoms. The minimum Gasteiger partial charge on any atom is -0.384 e. The maximum Gasteiger partial charge on any atom is 0.272 e. The highest BCUT2D eigenvalue weighted by atomic mass is 16.2. The molecule has 0 spiro atoms. The van der Waals surface area contributed by atoms with Crippen LogP contribution in [0.3, 0.4) is 0 Å². The maximum absolute atomic E-state index is 12.0. The van der Waals surface area contributed by atoms with Crippen LogP contribution in [0.4, 0.5) is 5.69 Å². The fourth-order valence-corrected chi connectivity index (χ4v) is 1.92. The van der Waals surface area contributed by atoms with Crippen molar-refractivity contribution in [3.63, 3.8) is 0 Å². The minimum atomic E-state index is -0.0784. The van der Waals surface area contributed by atoms with E-state index in [2.05, 4.69) is 17.2 Å². The van der Waals surface area contributed by atoms with E-state index in [-0.39, 0.29) is 5.91 Å². The lowest BCUT2D eigenvalue weighted by Gasteiger charge is -2.13. The number of amides is 1. The molecular formula is C15H19N3O. The molecule has 0 unspecified atom stereocenters. The molecule has 19 heavy (non-hydrogen) atoms. The first-order valence-corrected chi connectivity index (χ1v) is 6.48. The summed E-state index contributed by atoms with van der Waals surface area (Å²) in [7, 11) is 3.47. The predicted molar refractivity (Wildman–Crippen MR) is 78.5 cm³/mol. The van der Waals surface area contributed by atoms with E-state index in [0.717, 1.165) is 29.6 Å². The van der Waals surface area contributed by atoms with Crippen LogP contribution < -0.4 is 5.32 Å². The quantitative estimate of drug-likeness (QED) is 0.916.